The van der Waals surface area contributed by atoms with Crippen molar-refractivity contribution in [3.8, 4) is 22.6 Å². The minimum Gasteiger partial charge on any atom is -0.488 e. The lowest BCUT2D eigenvalue weighted by Crippen LogP contribution is -2.29. The van der Waals surface area contributed by atoms with Crippen LogP contribution in [0.25, 0.3) is 11.1 Å². The Bertz CT molecular complexity index is 790. The second-order valence-corrected chi connectivity index (χ2v) is 8.18. The zero-order valence-electron chi connectivity index (χ0n) is 18.0. The normalized spacial score (nSPS) is 14.2. The highest BCUT2D eigenvalue weighted by Crippen LogP contribution is 2.45. The molecule has 0 saturated carbocycles. The van der Waals surface area contributed by atoms with Gasteiger partial charge in [0, 0.05) is 24.1 Å². The Morgan fingerprint density at radius 3 is 2.17 bits per heavy atom. The maximum Gasteiger partial charge on any atom is 0.165 e. The molecule has 0 heterocycles. The highest BCUT2D eigenvalue weighted by Gasteiger charge is 2.25. The monoisotopic (exact) mass is 396 g/mol. The third kappa shape index (κ3) is 5.52. The quantitative estimate of drug-likeness (QED) is 0.449. The van der Waals surface area contributed by atoms with Gasteiger partial charge in [-0.05, 0) is 35.6 Å². The van der Waals surface area contributed by atoms with Crippen molar-refractivity contribution in [3.05, 3.63) is 47.5 Å². The molecule has 0 aromatic heterocycles. The Kier molecular flexibility index (Phi) is 7.96. The van der Waals surface area contributed by atoms with Gasteiger partial charge in [0.15, 0.2) is 11.5 Å². The van der Waals surface area contributed by atoms with Gasteiger partial charge in [-0.2, -0.15) is 0 Å². The average molecular weight is 397 g/mol. The van der Waals surface area contributed by atoms with Crippen molar-refractivity contribution >= 4 is 0 Å². The topological polar surface area (TPSA) is 70.5 Å². The molecular formula is C25H36N2O2. The Hall–Kier alpha value is -2.04. The molecule has 4 N–H and O–H groups in total. The van der Waals surface area contributed by atoms with E-state index in [4.69, 9.17) is 20.9 Å². The van der Waals surface area contributed by atoms with Crippen LogP contribution in [0, 0.1) is 0 Å². The maximum atomic E-state index is 6.29. The van der Waals surface area contributed by atoms with Gasteiger partial charge in [0.1, 0.15) is 13.2 Å². The number of nitrogens with two attached hydrogens (primary N) is 2. The maximum absolute atomic E-state index is 6.29. The molecule has 0 bridgehead atoms. The van der Waals surface area contributed by atoms with E-state index in [-0.39, 0.29) is 12.1 Å². The third-order valence-electron chi connectivity index (χ3n) is 5.65. The molecule has 0 aliphatic heterocycles. The van der Waals surface area contributed by atoms with Crippen molar-refractivity contribution in [1.29, 1.82) is 0 Å². The van der Waals surface area contributed by atoms with Crippen LogP contribution in [0.2, 0.25) is 0 Å². The van der Waals surface area contributed by atoms with Gasteiger partial charge in [0.05, 0.1) is 0 Å². The molecule has 2 aromatic carbocycles. The van der Waals surface area contributed by atoms with Crippen molar-refractivity contribution in [3.63, 3.8) is 0 Å². The van der Waals surface area contributed by atoms with Gasteiger partial charge in [-0.25, -0.2) is 0 Å². The number of hydrogen-bond donors (Lipinski definition) is 2. The number of fused-ring (bicyclic) bond motifs is 3. The lowest BCUT2D eigenvalue weighted by molar-refractivity contribution is 0.237. The fraction of sp³-hybridized carbons (Fsp3) is 0.520. The van der Waals surface area contributed by atoms with Gasteiger partial charge >= 0.3 is 0 Å². The molecule has 2 unspecified atom stereocenters. The average Bonchev–Trinajstić information content (AvgIpc) is 3.12. The van der Waals surface area contributed by atoms with E-state index in [1.54, 1.807) is 0 Å². The van der Waals surface area contributed by atoms with Gasteiger partial charge in [-0.3, -0.25) is 0 Å². The van der Waals surface area contributed by atoms with E-state index in [0.717, 1.165) is 56.4 Å². The number of unbranched alkanes of at least 4 members (excludes halogenated alkanes) is 2. The minimum atomic E-state index is 0.0363. The van der Waals surface area contributed by atoms with Gasteiger partial charge < -0.3 is 20.9 Å². The molecule has 0 radical (unpaired) electrons. The molecule has 0 saturated heterocycles. The number of rotatable bonds is 12. The van der Waals surface area contributed by atoms with Crippen LogP contribution >= 0.6 is 0 Å². The van der Waals surface area contributed by atoms with E-state index in [1.807, 2.05) is 6.07 Å². The molecule has 3 rings (SSSR count). The minimum absolute atomic E-state index is 0.0363. The second kappa shape index (κ2) is 10.7. The van der Waals surface area contributed by atoms with Crippen LogP contribution in [-0.2, 0) is 6.42 Å². The first-order chi connectivity index (χ1) is 14.1. The first kappa shape index (κ1) is 21.7. The van der Waals surface area contributed by atoms with Crippen molar-refractivity contribution < 1.29 is 9.47 Å². The van der Waals surface area contributed by atoms with Gasteiger partial charge in [0.25, 0.3) is 0 Å². The van der Waals surface area contributed by atoms with Gasteiger partial charge in [0.2, 0.25) is 0 Å². The standard InChI is InChI=1S/C25H36N2O2/c1-3-5-10-19(26)16-28-24-14-13-22-21-12-8-7-9-18(21)15-23(22)25(24)29-17-20(27)11-6-4-2/h7-9,12-14,19-20H,3-6,10-11,15-17,26-27H2,1-2H3. The SMILES string of the molecule is CCCCC(N)COc1ccc2c(c1OCC(N)CCCC)Cc1ccccc1-2. The number of hydrogen-bond acceptors (Lipinski definition) is 4. The zero-order valence-corrected chi connectivity index (χ0v) is 18.0. The molecule has 1 aliphatic carbocycles. The lowest BCUT2D eigenvalue weighted by Gasteiger charge is -2.20. The summed E-state index contributed by atoms with van der Waals surface area (Å²) in [6.07, 6.45) is 7.36. The number of ether oxygens (including phenoxy) is 2. The Labute approximate surface area is 175 Å². The first-order valence-electron chi connectivity index (χ1n) is 11.1. The van der Waals surface area contributed by atoms with E-state index in [2.05, 4.69) is 44.2 Å². The van der Waals surface area contributed by atoms with Gasteiger partial charge in [-0.15, -0.1) is 0 Å². The van der Waals surface area contributed by atoms with Crippen LogP contribution in [0.5, 0.6) is 11.5 Å². The molecule has 2 atom stereocenters. The fourth-order valence-electron chi connectivity index (χ4n) is 3.92. The molecule has 0 fully saturated rings. The predicted molar refractivity (Wildman–Crippen MR) is 121 cm³/mol. The molecule has 4 nitrogen and oxygen atoms in total. The van der Waals surface area contributed by atoms with E-state index in [9.17, 15) is 0 Å². The first-order valence-corrected chi connectivity index (χ1v) is 11.1. The Balaban J connectivity index is 1.79. The highest BCUT2D eigenvalue weighted by atomic mass is 16.5. The predicted octanol–water partition coefficient (Wildman–Crippen LogP) is 5.05. The fourth-order valence-corrected chi connectivity index (χ4v) is 3.92. The third-order valence-corrected chi connectivity index (χ3v) is 5.65. The summed E-state index contributed by atoms with van der Waals surface area (Å²) < 4.78 is 12.4. The van der Waals surface area contributed by atoms with E-state index in [0.29, 0.717) is 13.2 Å². The Morgan fingerprint density at radius 1 is 0.828 bits per heavy atom. The lowest BCUT2D eigenvalue weighted by atomic mass is 10.0. The van der Waals surface area contributed by atoms with Crippen LogP contribution in [0.15, 0.2) is 36.4 Å². The Morgan fingerprint density at radius 2 is 1.48 bits per heavy atom. The summed E-state index contributed by atoms with van der Waals surface area (Å²) in [6, 6.07) is 12.8. The zero-order chi connectivity index (χ0) is 20.6. The summed E-state index contributed by atoms with van der Waals surface area (Å²) in [5, 5.41) is 0. The molecule has 2 aromatic rings. The molecule has 0 amide bonds. The number of benzene rings is 2. The summed E-state index contributed by atoms with van der Waals surface area (Å²) in [6.45, 7) is 5.37. The summed E-state index contributed by atoms with van der Waals surface area (Å²) >= 11 is 0. The van der Waals surface area contributed by atoms with Crippen LogP contribution in [0.4, 0.5) is 0 Å². The van der Waals surface area contributed by atoms with E-state index >= 15 is 0 Å². The molecule has 4 heteroatoms. The summed E-state index contributed by atoms with van der Waals surface area (Å²) in [4.78, 5) is 0. The van der Waals surface area contributed by atoms with E-state index in [1.165, 1.54) is 22.3 Å². The summed E-state index contributed by atoms with van der Waals surface area (Å²) in [7, 11) is 0. The van der Waals surface area contributed by atoms with Crippen molar-refractivity contribution in [2.45, 2.75) is 70.9 Å². The second-order valence-electron chi connectivity index (χ2n) is 8.18. The molecule has 29 heavy (non-hydrogen) atoms. The molecule has 1 aliphatic rings. The van der Waals surface area contributed by atoms with E-state index < -0.39 is 0 Å². The molecule has 158 valence electrons. The van der Waals surface area contributed by atoms with Crippen LogP contribution in [-0.4, -0.2) is 25.3 Å². The largest absolute Gasteiger partial charge is 0.488 e. The van der Waals surface area contributed by atoms with Crippen LogP contribution in [0.1, 0.15) is 63.5 Å². The van der Waals surface area contributed by atoms with Crippen molar-refractivity contribution in [2.24, 2.45) is 11.5 Å². The highest BCUT2D eigenvalue weighted by molar-refractivity contribution is 5.80. The van der Waals surface area contributed by atoms with Crippen LogP contribution < -0.4 is 20.9 Å². The van der Waals surface area contributed by atoms with Crippen molar-refractivity contribution in [1.82, 2.24) is 0 Å². The summed E-state index contributed by atoms with van der Waals surface area (Å²) in [5.41, 5.74) is 17.6. The van der Waals surface area contributed by atoms with Crippen molar-refractivity contribution in [2.75, 3.05) is 13.2 Å². The summed E-state index contributed by atoms with van der Waals surface area (Å²) in [5.74, 6) is 1.62. The smallest absolute Gasteiger partial charge is 0.165 e. The van der Waals surface area contributed by atoms with Gasteiger partial charge in [-0.1, -0.05) is 69.9 Å². The van der Waals surface area contributed by atoms with Crippen LogP contribution in [0.3, 0.4) is 0 Å². The molecule has 0 spiro atoms. The molecular weight excluding hydrogens is 360 g/mol.